The number of carbonyl (C=O) groups is 1. The summed E-state index contributed by atoms with van der Waals surface area (Å²) < 4.78 is 5.41. The molecule has 0 aromatic heterocycles. The summed E-state index contributed by atoms with van der Waals surface area (Å²) in [5.41, 5.74) is 6.10. The number of carbonyl (C=O) groups excluding carboxylic acids is 1. The summed E-state index contributed by atoms with van der Waals surface area (Å²) in [5.74, 6) is -0.496. The van der Waals surface area contributed by atoms with E-state index in [4.69, 9.17) is 10.5 Å². The number of ether oxygens (including phenoxy) is 1. The van der Waals surface area contributed by atoms with E-state index in [2.05, 4.69) is 4.90 Å². The van der Waals surface area contributed by atoms with Crippen LogP contribution in [0.4, 0.5) is 0 Å². The fourth-order valence-electron chi connectivity index (χ4n) is 4.78. The quantitative estimate of drug-likeness (QED) is 0.615. The highest BCUT2D eigenvalue weighted by Gasteiger charge is 2.52. The van der Waals surface area contributed by atoms with E-state index in [9.17, 15) is 14.9 Å². The van der Waals surface area contributed by atoms with Gasteiger partial charge < -0.3 is 10.5 Å². The lowest BCUT2D eigenvalue weighted by molar-refractivity contribution is -0.524. The Balaban J connectivity index is 1.89. The molecule has 7 heteroatoms. The van der Waals surface area contributed by atoms with E-state index >= 15 is 0 Å². The van der Waals surface area contributed by atoms with E-state index in [0.717, 1.165) is 12.0 Å². The summed E-state index contributed by atoms with van der Waals surface area (Å²) >= 11 is 0. The van der Waals surface area contributed by atoms with Crippen LogP contribution in [-0.2, 0) is 9.53 Å². The van der Waals surface area contributed by atoms with Crippen LogP contribution >= 0.6 is 0 Å². The lowest BCUT2D eigenvalue weighted by Crippen LogP contribution is -2.59. The van der Waals surface area contributed by atoms with Crippen molar-refractivity contribution in [2.24, 2.45) is 11.7 Å². The van der Waals surface area contributed by atoms with E-state index in [0.29, 0.717) is 39.1 Å². The van der Waals surface area contributed by atoms with Crippen LogP contribution in [-0.4, -0.2) is 53.6 Å². The van der Waals surface area contributed by atoms with Gasteiger partial charge in [-0.3, -0.25) is 19.8 Å². The number of hydrogen-bond acceptors (Lipinski definition) is 5. The highest BCUT2D eigenvalue weighted by atomic mass is 16.6. The first-order valence-corrected chi connectivity index (χ1v) is 9.27. The molecule has 26 heavy (non-hydrogen) atoms. The standard InChI is InChI=1S/C19H27N3O4/c1-14(22(24)25)17(15-5-3-2-4-6-15)16-7-8-19(13-16,18(20)23)21-9-11-26-12-10-21/h2-6,14,16-17H,7-13H2,1H3,(H2,20,23)/t14-,16+,17+,19+/m0/s1. The van der Waals surface area contributed by atoms with Crippen LogP contribution < -0.4 is 5.73 Å². The Morgan fingerprint density at radius 3 is 2.58 bits per heavy atom. The second-order valence-corrected chi connectivity index (χ2v) is 7.46. The molecule has 1 saturated carbocycles. The van der Waals surface area contributed by atoms with Crippen LogP contribution in [0.5, 0.6) is 0 Å². The summed E-state index contributed by atoms with van der Waals surface area (Å²) in [6, 6.07) is 8.91. The fraction of sp³-hybridized carbons (Fsp3) is 0.632. The smallest absolute Gasteiger partial charge is 0.237 e. The van der Waals surface area contributed by atoms with E-state index in [1.165, 1.54) is 0 Å². The van der Waals surface area contributed by atoms with Crippen LogP contribution in [0, 0.1) is 16.0 Å². The molecule has 1 aliphatic carbocycles. The van der Waals surface area contributed by atoms with Gasteiger partial charge in [-0.2, -0.15) is 0 Å². The maximum absolute atomic E-state index is 12.4. The van der Waals surface area contributed by atoms with Gasteiger partial charge in [-0.1, -0.05) is 30.3 Å². The van der Waals surface area contributed by atoms with Gasteiger partial charge in [0.15, 0.2) is 0 Å². The maximum atomic E-state index is 12.4. The normalized spacial score (nSPS) is 29.2. The molecule has 1 saturated heterocycles. The van der Waals surface area contributed by atoms with Crippen molar-refractivity contribution in [3.8, 4) is 0 Å². The minimum atomic E-state index is -0.712. The van der Waals surface area contributed by atoms with Crippen molar-refractivity contribution in [3.63, 3.8) is 0 Å². The van der Waals surface area contributed by atoms with Crippen LogP contribution in [0.1, 0.15) is 37.7 Å². The van der Waals surface area contributed by atoms with E-state index < -0.39 is 11.6 Å². The molecule has 0 radical (unpaired) electrons. The van der Waals surface area contributed by atoms with Crippen LogP contribution in [0.25, 0.3) is 0 Å². The first-order chi connectivity index (χ1) is 12.5. The molecule has 0 spiro atoms. The second kappa shape index (κ2) is 7.72. The highest BCUT2D eigenvalue weighted by molar-refractivity contribution is 5.85. The van der Waals surface area contributed by atoms with Gasteiger partial charge >= 0.3 is 0 Å². The lowest BCUT2D eigenvalue weighted by atomic mass is 9.79. The van der Waals surface area contributed by atoms with Gasteiger partial charge in [-0.15, -0.1) is 0 Å². The number of nitrogens with two attached hydrogens (primary N) is 1. The molecular formula is C19H27N3O4. The van der Waals surface area contributed by atoms with Crippen molar-refractivity contribution >= 4 is 5.91 Å². The predicted molar refractivity (Wildman–Crippen MR) is 97.3 cm³/mol. The van der Waals surface area contributed by atoms with E-state index in [1.807, 2.05) is 30.3 Å². The fourth-order valence-corrected chi connectivity index (χ4v) is 4.78. The lowest BCUT2D eigenvalue weighted by Gasteiger charge is -2.41. The minimum Gasteiger partial charge on any atom is -0.379 e. The number of rotatable bonds is 6. The molecule has 2 fully saturated rings. The molecule has 7 nitrogen and oxygen atoms in total. The number of morpholine rings is 1. The molecule has 142 valence electrons. The van der Waals surface area contributed by atoms with Gasteiger partial charge in [0.05, 0.1) is 19.1 Å². The second-order valence-electron chi connectivity index (χ2n) is 7.46. The first-order valence-electron chi connectivity index (χ1n) is 9.27. The Morgan fingerprint density at radius 2 is 2.00 bits per heavy atom. The van der Waals surface area contributed by atoms with Crippen molar-refractivity contribution in [2.45, 2.75) is 43.7 Å². The SMILES string of the molecule is C[C@@H]([C@H](c1ccccc1)[C@@H]1CC[C@@](C(N)=O)(N2CCOCC2)C1)[N+](=O)[O-]. The summed E-state index contributed by atoms with van der Waals surface area (Å²) in [5, 5.41) is 11.6. The average Bonchev–Trinajstić information content (AvgIpc) is 3.10. The Hall–Kier alpha value is -1.99. The number of nitrogens with zero attached hydrogens (tertiary/aromatic N) is 2. The minimum absolute atomic E-state index is 0.0492. The molecule has 1 aliphatic heterocycles. The van der Waals surface area contributed by atoms with Crippen LogP contribution in [0.2, 0.25) is 0 Å². The van der Waals surface area contributed by atoms with E-state index in [-0.39, 0.29) is 22.7 Å². The van der Waals surface area contributed by atoms with Crippen molar-refractivity contribution in [3.05, 3.63) is 46.0 Å². The van der Waals surface area contributed by atoms with Crippen molar-refractivity contribution in [2.75, 3.05) is 26.3 Å². The van der Waals surface area contributed by atoms with Crippen LogP contribution in [0.3, 0.4) is 0 Å². The monoisotopic (exact) mass is 361 g/mol. The number of hydrogen-bond donors (Lipinski definition) is 1. The topological polar surface area (TPSA) is 98.7 Å². The largest absolute Gasteiger partial charge is 0.379 e. The molecule has 2 aliphatic rings. The summed E-state index contributed by atoms with van der Waals surface area (Å²) in [6.07, 6.45) is 1.99. The Labute approximate surface area is 153 Å². The molecule has 2 N–H and O–H groups in total. The van der Waals surface area contributed by atoms with Gasteiger partial charge in [0.2, 0.25) is 11.9 Å². The molecule has 1 amide bonds. The zero-order valence-corrected chi connectivity index (χ0v) is 15.2. The van der Waals surface area contributed by atoms with Crippen LogP contribution in [0.15, 0.2) is 30.3 Å². The van der Waals surface area contributed by atoms with Gasteiger partial charge in [-0.05, 0) is 30.7 Å². The summed E-state index contributed by atoms with van der Waals surface area (Å²) in [4.78, 5) is 25.9. The number of nitro groups is 1. The van der Waals surface area contributed by atoms with Crippen molar-refractivity contribution in [1.82, 2.24) is 4.90 Å². The molecule has 0 unspecified atom stereocenters. The molecule has 4 atom stereocenters. The Bertz CT molecular complexity index is 647. The zero-order valence-electron chi connectivity index (χ0n) is 15.2. The van der Waals surface area contributed by atoms with Gasteiger partial charge in [0.1, 0.15) is 5.54 Å². The summed E-state index contributed by atoms with van der Waals surface area (Å²) in [7, 11) is 0. The third kappa shape index (κ3) is 3.46. The predicted octanol–water partition coefficient (Wildman–Crippen LogP) is 1.79. The van der Waals surface area contributed by atoms with Crippen molar-refractivity contribution < 1.29 is 14.5 Å². The van der Waals surface area contributed by atoms with Gasteiger partial charge in [0, 0.05) is 24.9 Å². The summed E-state index contributed by atoms with van der Waals surface area (Å²) in [6.45, 7) is 4.20. The molecule has 1 aromatic carbocycles. The zero-order chi connectivity index (χ0) is 18.7. The Kier molecular flexibility index (Phi) is 5.58. The van der Waals surface area contributed by atoms with E-state index in [1.54, 1.807) is 6.92 Å². The van der Waals surface area contributed by atoms with Crippen molar-refractivity contribution in [1.29, 1.82) is 0 Å². The number of benzene rings is 1. The first kappa shape index (κ1) is 18.8. The number of primary amides is 1. The third-order valence-corrected chi connectivity index (χ3v) is 6.15. The highest BCUT2D eigenvalue weighted by Crippen LogP contribution is 2.47. The molecular weight excluding hydrogens is 334 g/mol. The molecule has 3 rings (SSSR count). The van der Waals surface area contributed by atoms with Gasteiger partial charge in [-0.25, -0.2) is 0 Å². The molecule has 0 bridgehead atoms. The third-order valence-electron chi connectivity index (χ3n) is 6.15. The van der Waals surface area contributed by atoms with Gasteiger partial charge in [0.25, 0.3) is 0 Å². The maximum Gasteiger partial charge on any atom is 0.237 e. The Morgan fingerprint density at radius 1 is 1.35 bits per heavy atom. The number of amides is 1. The molecule has 1 aromatic rings. The molecule has 1 heterocycles. The average molecular weight is 361 g/mol.